The Balaban J connectivity index is 2.10. The van der Waals surface area contributed by atoms with E-state index in [4.69, 9.17) is 4.74 Å². The number of rotatable bonds is 4. The zero-order valence-corrected chi connectivity index (χ0v) is 11.2. The van der Waals surface area contributed by atoms with Crippen LogP contribution in [0, 0.1) is 5.82 Å². The Morgan fingerprint density at radius 3 is 2.78 bits per heavy atom. The maximum atomic E-state index is 13.3. The molecule has 0 amide bonds. The largest absolute Gasteiger partial charge is 0.437 e. The maximum absolute atomic E-state index is 13.3. The second-order valence-electron chi connectivity index (χ2n) is 3.55. The predicted molar refractivity (Wildman–Crippen MR) is 69.0 cm³/mol. The van der Waals surface area contributed by atoms with Crippen LogP contribution in [0.25, 0.3) is 0 Å². The van der Waals surface area contributed by atoms with Crippen LogP contribution in [-0.4, -0.2) is 17.0 Å². The van der Waals surface area contributed by atoms with Gasteiger partial charge in [0.15, 0.2) is 0 Å². The first-order valence-corrected chi connectivity index (χ1v) is 6.07. The fraction of sp³-hybridized carbons (Fsp3) is 0.167. The van der Waals surface area contributed by atoms with Crippen LogP contribution in [0.3, 0.4) is 0 Å². The number of nitrogens with zero attached hydrogens (tertiary/aromatic N) is 2. The van der Waals surface area contributed by atoms with Gasteiger partial charge in [0, 0.05) is 12.6 Å². The molecule has 0 radical (unpaired) electrons. The highest BCUT2D eigenvalue weighted by molar-refractivity contribution is 9.10. The number of hydrogen-bond acceptors (Lipinski definition) is 4. The highest BCUT2D eigenvalue weighted by atomic mass is 79.9. The molecule has 0 aliphatic rings. The van der Waals surface area contributed by atoms with Gasteiger partial charge in [0.2, 0.25) is 5.88 Å². The second kappa shape index (κ2) is 5.88. The van der Waals surface area contributed by atoms with E-state index in [1.807, 2.05) is 7.05 Å². The smallest absolute Gasteiger partial charge is 0.237 e. The van der Waals surface area contributed by atoms with Crippen LogP contribution < -0.4 is 10.1 Å². The quantitative estimate of drug-likeness (QED) is 0.943. The molecular weight excluding hydrogens is 301 g/mol. The minimum Gasteiger partial charge on any atom is -0.437 e. The van der Waals surface area contributed by atoms with Crippen LogP contribution >= 0.6 is 15.9 Å². The molecular formula is C12H11BrFN3O. The van der Waals surface area contributed by atoms with Gasteiger partial charge in [-0.1, -0.05) is 0 Å². The molecule has 0 bridgehead atoms. The van der Waals surface area contributed by atoms with E-state index in [0.717, 1.165) is 5.69 Å². The molecule has 18 heavy (non-hydrogen) atoms. The summed E-state index contributed by atoms with van der Waals surface area (Å²) in [5, 5.41) is 2.97. The van der Waals surface area contributed by atoms with Crippen LogP contribution in [0.1, 0.15) is 5.69 Å². The van der Waals surface area contributed by atoms with Crippen molar-refractivity contribution in [3.8, 4) is 11.6 Å². The van der Waals surface area contributed by atoms with Crippen molar-refractivity contribution in [1.82, 2.24) is 15.3 Å². The fourth-order valence-corrected chi connectivity index (χ4v) is 1.58. The van der Waals surface area contributed by atoms with Gasteiger partial charge in [0.05, 0.1) is 22.6 Å². The van der Waals surface area contributed by atoms with Gasteiger partial charge in [-0.3, -0.25) is 4.98 Å². The minimum absolute atomic E-state index is 0.330. The lowest BCUT2D eigenvalue weighted by Crippen LogP contribution is -2.07. The molecule has 2 rings (SSSR count). The van der Waals surface area contributed by atoms with Gasteiger partial charge in [-0.25, -0.2) is 9.37 Å². The average Bonchev–Trinajstić information content (AvgIpc) is 2.37. The molecule has 1 N–H and O–H groups in total. The van der Waals surface area contributed by atoms with Crippen molar-refractivity contribution >= 4 is 15.9 Å². The molecule has 2 aromatic rings. The van der Waals surface area contributed by atoms with E-state index in [-0.39, 0.29) is 5.82 Å². The van der Waals surface area contributed by atoms with Crippen LogP contribution in [-0.2, 0) is 6.54 Å². The second-order valence-corrected chi connectivity index (χ2v) is 4.41. The molecule has 1 aromatic carbocycles. The summed E-state index contributed by atoms with van der Waals surface area (Å²) in [5.41, 5.74) is 0.812. The fourth-order valence-electron chi connectivity index (χ4n) is 1.33. The summed E-state index contributed by atoms with van der Waals surface area (Å²) in [6.07, 6.45) is 3.12. The summed E-state index contributed by atoms with van der Waals surface area (Å²) in [7, 11) is 1.83. The van der Waals surface area contributed by atoms with Crippen molar-refractivity contribution in [3.63, 3.8) is 0 Å². The maximum Gasteiger partial charge on any atom is 0.237 e. The van der Waals surface area contributed by atoms with E-state index in [1.165, 1.54) is 12.3 Å². The van der Waals surface area contributed by atoms with Crippen LogP contribution in [0.15, 0.2) is 35.1 Å². The van der Waals surface area contributed by atoms with E-state index >= 15 is 0 Å². The van der Waals surface area contributed by atoms with Gasteiger partial charge in [-0.2, -0.15) is 0 Å². The number of aromatic nitrogens is 2. The lowest BCUT2D eigenvalue weighted by molar-refractivity contribution is 0.454. The first kappa shape index (κ1) is 12.9. The third-order valence-corrected chi connectivity index (χ3v) is 2.80. The van der Waals surface area contributed by atoms with Crippen molar-refractivity contribution < 1.29 is 9.13 Å². The molecule has 1 heterocycles. The monoisotopic (exact) mass is 311 g/mol. The lowest BCUT2D eigenvalue weighted by atomic mass is 10.3. The molecule has 0 saturated carbocycles. The molecule has 1 aromatic heterocycles. The van der Waals surface area contributed by atoms with Crippen molar-refractivity contribution in [2.24, 2.45) is 0 Å². The summed E-state index contributed by atoms with van der Waals surface area (Å²) in [6.45, 7) is 0.639. The SMILES string of the molecule is CNCc1cnc(Oc2ccc(Br)c(F)c2)cn1. The Morgan fingerprint density at radius 2 is 2.17 bits per heavy atom. The zero-order valence-electron chi connectivity index (χ0n) is 9.65. The number of hydrogen-bond donors (Lipinski definition) is 1. The molecule has 0 aliphatic heterocycles. The third kappa shape index (κ3) is 3.24. The van der Waals surface area contributed by atoms with E-state index in [9.17, 15) is 4.39 Å². The standard InChI is InChI=1S/C12H11BrFN3O/c1-15-5-8-6-17-12(7-16-8)18-9-2-3-10(13)11(14)4-9/h2-4,6-7,15H,5H2,1H3. The van der Waals surface area contributed by atoms with E-state index in [1.54, 1.807) is 18.3 Å². The average molecular weight is 312 g/mol. The summed E-state index contributed by atoms with van der Waals surface area (Å²) in [4.78, 5) is 8.24. The number of nitrogens with one attached hydrogen (secondary N) is 1. The number of ether oxygens (including phenoxy) is 1. The van der Waals surface area contributed by atoms with Gasteiger partial charge in [-0.05, 0) is 35.1 Å². The number of benzene rings is 1. The molecule has 0 saturated heterocycles. The molecule has 0 spiro atoms. The lowest BCUT2D eigenvalue weighted by Gasteiger charge is -2.05. The zero-order chi connectivity index (χ0) is 13.0. The first-order chi connectivity index (χ1) is 8.69. The topological polar surface area (TPSA) is 47.0 Å². The van der Waals surface area contributed by atoms with Crippen LogP contribution in [0.5, 0.6) is 11.6 Å². The van der Waals surface area contributed by atoms with Gasteiger partial charge in [0.25, 0.3) is 0 Å². The normalized spacial score (nSPS) is 10.4. The van der Waals surface area contributed by atoms with Gasteiger partial charge in [0.1, 0.15) is 11.6 Å². The van der Waals surface area contributed by atoms with E-state index in [0.29, 0.717) is 22.6 Å². The summed E-state index contributed by atoms with van der Waals surface area (Å²) >= 11 is 3.08. The molecule has 0 atom stereocenters. The predicted octanol–water partition coefficient (Wildman–Crippen LogP) is 2.89. The summed E-state index contributed by atoms with van der Waals surface area (Å²) < 4.78 is 19.1. The van der Waals surface area contributed by atoms with Crippen LogP contribution in [0.2, 0.25) is 0 Å². The highest BCUT2D eigenvalue weighted by Crippen LogP contribution is 2.24. The first-order valence-electron chi connectivity index (χ1n) is 5.27. The Labute approximate surface area is 112 Å². The minimum atomic E-state index is -0.382. The van der Waals surface area contributed by atoms with Crippen LogP contribution in [0.4, 0.5) is 4.39 Å². The van der Waals surface area contributed by atoms with Gasteiger partial charge >= 0.3 is 0 Å². The molecule has 4 nitrogen and oxygen atoms in total. The molecule has 94 valence electrons. The Kier molecular flexibility index (Phi) is 4.22. The Bertz CT molecular complexity index is 533. The van der Waals surface area contributed by atoms with Gasteiger partial charge in [-0.15, -0.1) is 0 Å². The molecule has 6 heteroatoms. The van der Waals surface area contributed by atoms with Crippen molar-refractivity contribution in [2.75, 3.05) is 7.05 Å². The summed E-state index contributed by atoms with van der Waals surface area (Å²) in [5.74, 6) is 0.329. The Morgan fingerprint density at radius 1 is 1.33 bits per heavy atom. The Hall–Kier alpha value is -1.53. The van der Waals surface area contributed by atoms with E-state index in [2.05, 4.69) is 31.2 Å². The van der Waals surface area contributed by atoms with Crippen molar-refractivity contribution in [3.05, 3.63) is 46.6 Å². The molecule has 0 aliphatic carbocycles. The molecule has 0 fully saturated rings. The summed E-state index contributed by atoms with van der Waals surface area (Å²) in [6, 6.07) is 4.51. The van der Waals surface area contributed by atoms with Crippen molar-refractivity contribution in [2.45, 2.75) is 6.54 Å². The van der Waals surface area contributed by atoms with E-state index < -0.39 is 0 Å². The number of halogens is 2. The van der Waals surface area contributed by atoms with Gasteiger partial charge < -0.3 is 10.1 Å². The highest BCUT2D eigenvalue weighted by Gasteiger charge is 2.04. The third-order valence-electron chi connectivity index (χ3n) is 2.15. The molecule has 0 unspecified atom stereocenters. The van der Waals surface area contributed by atoms with Crippen molar-refractivity contribution in [1.29, 1.82) is 0 Å².